The Kier molecular flexibility index (Phi) is 11.7. The molecule has 61 heavy (non-hydrogen) atoms. The quantitative estimate of drug-likeness (QED) is 0.0947. The molecule has 1 unspecified atom stereocenters. The molecule has 1 atom stereocenters. The number of para-hydroxylation sites is 4. The highest BCUT2D eigenvalue weighted by Gasteiger charge is 2.28. The molecule has 0 fully saturated rings. The van der Waals surface area contributed by atoms with E-state index in [0.29, 0.717) is 25.6 Å². The van der Waals surface area contributed by atoms with Crippen LogP contribution in [0.3, 0.4) is 0 Å². The molecule has 7 aromatic carbocycles. The molecule has 0 aliphatic carbocycles. The third-order valence-corrected chi connectivity index (χ3v) is 10.9. The van der Waals surface area contributed by atoms with E-state index in [-0.39, 0.29) is 0 Å². The Labute approximate surface area is 358 Å². The van der Waals surface area contributed by atoms with E-state index in [9.17, 15) is 0 Å². The second-order valence-electron chi connectivity index (χ2n) is 15.8. The van der Waals surface area contributed by atoms with Crippen LogP contribution in [0.25, 0.3) is 38.7 Å². The lowest BCUT2D eigenvalue weighted by atomic mass is 9.93. The normalized spacial score (nSPS) is 13.2. The van der Waals surface area contributed by atoms with Crippen LogP contribution in [0.15, 0.2) is 170 Å². The summed E-state index contributed by atoms with van der Waals surface area (Å²) in [5, 5.41) is 11.4. The first-order chi connectivity index (χ1) is 30.1. The largest absolute Gasteiger partial charge is 0.459 e. The van der Waals surface area contributed by atoms with Gasteiger partial charge >= 0.3 is 0 Å². The molecule has 0 spiro atoms. The third kappa shape index (κ3) is 8.44. The van der Waals surface area contributed by atoms with E-state index in [1.807, 2.05) is 4.80 Å². The number of nitrogens with one attached hydrogen (secondary N) is 2. The lowest BCUT2D eigenvalue weighted by Gasteiger charge is -2.26. The van der Waals surface area contributed by atoms with Crippen molar-refractivity contribution in [3.63, 3.8) is 0 Å². The van der Waals surface area contributed by atoms with Gasteiger partial charge in [0.05, 0.1) is 18.8 Å². The van der Waals surface area contributed by atoms with Gasteiger partial charge in [-0.15, -0.1) is 0 Å². The minimum atomic E-state index is 0.360. The first kappa shape index (κ1) is 39.5. The van der Waals surface area contributed by atoms with Gasteiger partial charge in [0.15, 0.2) is 0 Å². The monoisotopic (exact) mass is 804 g/mol. The Balaban J connectivity index is 1.17. The van der Waals surface area contributed by atoms with Crippen LogP contribution in [0.5, 0.6) is 0 Å². The summed E-state index contributed by atoms with van der Waals surface area (Å²) in [7, 11) is 0. The van der Waals surface area contributed by atoms with Crippen molar-refractivity contribution in [2.75, 3.05) is 35.0 Å². The number of hydrogen-bond acceptors (Lipinski definition) is 6. The average molecular weight is 805 g/mol. The van der Waals surface area contributed by atoms with Gasteiger partial charge in [0.1, 0.15) is 17.6 Å². The molecular formula is C52H52N8O. The lowest BCUT2D eigenvalue weighted by Crippen LogP contribution is -3.10. The molecule has 9 heteroatoms. The number of fused-ring (bicyclic) bond motifs is 2. The number of nitrogens with zero attached hydrogens (tertiary/aromatic N) is 6. The van der Waals surface area contributed by atoms with Crippen LogP contribution in [-0.2, 0) is 11.3 Å². The van der Waals surface area contributed by atoms with Crippen molar-refractivity contribution in [1.82, 2.24) is 15.0 Å². The van der Waals surface area contributed by atoms with Gasteiger partial charge in [0.25, 0.3) is 0 Å². The number of ether oxygens (including phenoxy) is 1. The summed E-state index contributed by atoms with van der Waals surface area (Å²) in [4.78, 5) is 6.43. The molecule has 0 amide bonds. The molecule has 9 nitrogen and oxygen atoms in total. The SMILES string of the molecule is CCCCOCC[NH+]1[N-]c2c(c(-c3ccc(N(c4ccccc4)c4ccccc4)cc3)c3nn(CC(C)C)nc3c2-c2ccc(N(c3ccccc3)c3ccccc3)cc2)N1. The minimum Gasteiger partial charge on any atom is -0.459 e. The molecule has 0 saturated heterocycles. The summed E-state index contributed by atoms with van der Waals surface area (Å²) < 4.78 is 6.04. The number of aromatic nitrogens is 3. The summed E-state index contributed by atoms with van der Waals surface area (Å²) in [5.41, 5.74) is 23.1. The Morgan fingerprint density at radius 2 is 1.00 bits per heavy atom. The Morgan fingerprint density at radius 1 is 0.574 bits per heavy atom. The summed E-state index contributed by atoms with van der Waals surface area (Å²) in [6.45, 7) is 9.28. The molecular weight excluding hydrogens is 753 g/mol. The van der Waals surface area contributed by atoms with Gasteiger partial charge in [0, 0.05) is 51.9 Å². The zero-order chi connectivity index (χ0) is 41.5. The van der Waals surface area contributed by atoms with Crippen molar-refractivity contribution in [2.24, 2.45) is 5.92 Å². The maximum absolute atomic E-state index is 6.04. The number of unbranched alkanes of at least 4 members (excludes halogenated alkanes) is 1. The molecule has 9 rings (SSSR count). The first-order valence-electron chi connectivity index (χ1n) is 21.4. The second kappa shape index (κ2) is 18.1. The predicted molar refractivity (Wildman–Crippen MR) is 251 cm³/mol. The highest BCUT2D eigenvalue weighted by Crippen LogP contribution is 2.51. The smallest absolute Gasteiger partial charge is 0.123 e. The van der Waals surface area contributed by atoms with Crippen LogP contribution in [0.4, 0.5) is 45.5 Å². The fraction of sp³-hybridized carbons (Fsp3) is 0.192. The van der Waals surface area contributed by atoms with Gasteiger partial charge in [-0.1, -0.05) is 130 Å². The molecule has 306 valence electrons. The third-order valence-electron chi connectivity index (χ3n) is 10.9. The van der Waals surface area contributed by atoms with Gasteiger partial charge in [-0.25, -0.2) is 5.43 Å². The predicted octanol–water partition coefficient (Wildman–Crippen LogP) is 12.3. The molecule has 0 saturated carbocycles. The van der Waals surface area contributed by atoms with E-state index in [1.165, 1.54) is 0 Å². The standard InChI is InChI=1S/C52H52N8O/c1-4-5-35-61-36-34-57-53-49-47(39-26-30-45(31-27-39)59(41-18-10-6-11-19-41)42-20-12-7-13-21-42)51-52(56-58(55-51)37-38(2)3)48(50(49)54-57)40-28-32-46(33-29-40)60(43-22-14-8-15-23-43)44-24-16-9-17-25-44/h6-33,38,53,57H,4-5,34-37H2,1-3H3. The molecule has 0 bridgehead atoms. The van der Waals surface area contributed by atoms with Crippen LogP contribution in [-0.4, -0.2) is 34.8 Å². The topological polar surface area (TPSA) is 77.0 Å². The van der Waals surface area contributed by atoms with Gasteiger partial charge < -0.3 is 20.0 Å². The zero-order valence-electron chi connectivity index (χ0n) is 35.1. The van der Waals surface area contributed by atoms with Crippen molar-refractivity contribution < 1.29 is 9.85 Å². The van der Waals surface area contributed by atoms with Crippen LogP contribution in [0.2, 0.25) is 0 Å². The zero-order valence-corrected chi connectivity index (χ0v) is 35.1. The molecule has 1 aromatic heterocycles. The van der Waals surface area contributed by atoms with Gasteiger partial charge in [0.2, 0.25) is 0 Å². The maximum atomic E-state index is 6.04. The summed E-state index contributed by atoms with van der Waals surface area (Å²) >= 11 is 0. The number of quaternary nitrogens is 1. The summed E-state index contributed by atoms with van der Waals surface area (Å²) in [6.07, 6.45) is 2.14. The van der Waals surface area contributed by atoms with Gasteiger partial charge in [-0.3, -0.25) is 5.12 Å². The van der Waals surface area contributed by atoms with Crippen molar-refractivity contribution in [3.05, 3.63) is 175 Å². The van der Waals surface area contributed by atoms with Crippen molar-refractivity contribution in [3.8, 4) is 22.3 Å². The number of hydrogen-bond donors (Lipinski definition) is 2. The fourth-order valence-electron chi connectivity index (χ4n) is 8.05. The van der Waals surface area contributed by atoms with E-state index in [1.54, 1.807) is 0 Å². The molecule has 1 aliphatic heterocycles. The van der Waals surface area contributed by atoms with Crippen LogP contribution < -0.4 is 20.3 Å². The van der Waals surface area contributed by atoms with Crippen LogP contribution in [0.1, 0.15) is 33.6 Å². The second-order valence-corrected chi connectivity index (χ2v) is 15.8. The van der Waals surface area contributed by atoms with Crippen LogP contribution in [0, 0.1) is 5.92 Å². The van der Waals surface area contributed by atoms with Gasteiger partial charge in [-0.2, -0.15) is 15.0 Å². The van der Waals surface area contributed by atoms with E-state index in [2.05, 4.69) is 206 Å². The lowest BCUT2D eigenvalue weighted by molar-refractivity contribution is -0.831. The number of anilines is 7. The fourth-order valence-corrected chi connectivity index (χ4v) is 8.05. The molecule has 8 aromatic rings. The molecule has 1 aliphatic rings. The van der Waals surface area contributed by atoms with E-state index in [0.717, 1.165) is 103 Å². The van der Waals surface area contributed by atoms with Gasteiger partial charge in [-0.05, 0) is 96.3 Å². The highest BCUT2D eigenvalue weighted by atomic mass is 16.5. The summed E-state index contributed by atoms with van der Waals surface area (Å²) in [5.74, 6) is 0.360. The van der Waals surface area contributed by atoms with Crippen molar-refractivity contribution >= 4 is 56.5 Å². The molecule has 0 radical (unpaired) electrons. The van der Waals surface area contributed by atoms with Crippen molar-refractivity contribution in [2.45, 2.75) is 40.2 Å². The Morgan fingerprint density at radius 3 is 1.44 bits per heavy atom. The number of benzene rings is 7. The van der Waals surface area contributed by atoms with E-state index < -0.39 is 0 Å². The van der Waals surface area contributed by atoms with Crippen LogP contribution >= 0.6 is 0 Å². The Hall–Kier alpha value is -6.94. The average Bonchev–Trinajstić information content (AvgIpc) is 3.91. The van der Waals surface area contributed by atoms with Crippen molar-refractivity contribution in [1.29, 1.82) is 0 Å². The maximum Gasteiger partial charge on any atom is 0.123 e. The minimum absolute atomic E-state index is 0.360. The molecule has 2 N–H and O–H groups in total. The van der Waals surface area contributed by atoms with E-state index in [4.69, 9.17) is 20.4 Å². The highest BCUT2D eigenvalue weighted by molar-refractivity contribution is 6.14. The summed E-state index contributed by atoms with van der Waals surface area (Å²) in [6, 6.07) is 59.6. The number of rotatable bonds is 16. The van der Waals surface area contributed by atoms with E-state index >= 15 is 0 Å². The Bertz CT molecular complexity index is 2400. The first-order valence-corrected chi connectivity index (χ1v) is 21.4. The molecule has 2 heterocycles.